The van der Waals surface area contributed by atoms with E-state index in [4.69, 9.17) is 0 Å². The molecule has 2 amide bonds. The van der Waals surface area contributed by atoms with E-state index in [1.807, 2.05) is 25.1 Å². The molecule has 2 atom stereocenters. The number of benzene rings is 1. The van der Waals surface area contributed by atoms with Gasteiger partial charge in [-0.1, -0.05) is 25.1 Å². The van der Waals surface area contributed by atoms with Crippen molar-refractivity contribution in [1.82, 2.24) is 10.2 Å². The Morgan fingerprint density at radius 3 is 2.78 bits per heavy atom. The number of rotatable bonds is 6. The van der Waals surface area contributed by atoms with E-state index in [9.17, 15) is 9.90 Å². The van der Waals surface area contributed by atoms with Gasteiger partial charge in [-0.25, -0.2) is 4.79 Å². The van der Waals surface area contributed by atoms with E-state index in [0.29, 0.717) is 13.1 Å². The van der Waals surface area contributed by atoms with Gasteiger partial charge in [-0.3, -0.25) is 0 Å². The Morgan fingerprint density at radius 1 is 1.39 bits per heavy atom. The summed E-state index contributed by atoms with van der Waals surface area (Å²) in [6, 6.07) is 10.3. The highest BCUT2D eigenvalue weighted by Crippen LogP contribution is 2.17. The van der Waals surface area contributed by atoms with E-state index < -0.39 is 6.10 Å². The van der Waals surface area contributed by atoms with Crippen molar-refractivity contribution in [3.05, 3.63) is 30.3 Å². The Kier molecular flexibility index (Phi) is 6.71. The third-order valence-corrected chi connectivity index (χ3v) is 4.59. The van der Waals surface area contributed by atoms with Crippen molar-refractivity contribution in [3.8, 4) is 0 Å². The number of nitrogens with zero attached hydrogens (tertiary/aromatic N) is 2. The van der Waals surface area contributed by atoms with Gasteiger partial charge >= 0.3 is 6.03 Å². The maximum Gasteiger partial charge on any atom is 0.317 e. The van der Waals surface area contributed by atoms with E-state index in [0.717, 1.165) is 32.5 Å². The second-order valence-electron chi connectivity index (χ2n) is 6.28. The molecule has 5 nitrogen and oxygen atoms in total. The molecule has 0 spiro atoms. The first-order chi connectivity index (χ1) is 11.1. The first-order valence-corrected chi connectivity index (χ1v) is 8.62. The summed E-state index contributed by atoms with van der Waals surface area (Å²) in [6.45, 7) is 7.87. The van der Waals surface area contributed by atoms with Crippen LogP contribution < -0.4 is 10.2 Å². The van der Waals surface area contributed by atoms with Crippen LogP contribution in [0.4, 0.5) is 10.5 Å². The van der Waals surface area contributed by atoms with Crippen LogP contribution in [-0.2, 0) is 0 Å². The van der Waals surface area contributed by atoms with Crippen LogP contribution in [0.1, 0.15) is 26.7 Å². The number of amides is 2. The van der Waals surface area contributed by atoms with Crippen LogP contribution in [0, 0.1) is 5.92 Å². The summed E-state index contributed by atoms with van der Waals surface area (Å²) in [6.07, 6.45) is 1.37. The minimum absolute atomic E-state index is 0.0568. The van der Waals surface area contributed by atoms with Gasteiger partial charge in [-0.05, 0) is 37.8 Å². The summed E-state index contributed by atoms with van der Waals surface area (Å²) in [5.74, 6) is 0.281. The van der Waals surface area contributed by atoms with E-state index in [2.05, 4.69) is 29.3 Å². The topological polar surface area (TPSA) is 55.8 Å². The molecule has 1 aromatic rings. The maximum atomic E-state index is 12.1. The van der Waals surface area contributed by atoms with Gasteiger partial charge < -0.3 is 20.2 Å². The largest absolute Gasteiger partial charge is 0.391 e. The predicted octanol–water partition coefficient (Wildman–Crippen LogP) is 2.32. The molecule has 128 valence electrons. The summed E-state index contributed by atoms with van der Waals surface area (Å²) in [5, 5.41) is 12.8. The summed E-state index contributed by atoms with van der Waals surface area (Å²) >= 11 is 0. The summed E-state index contributed by atoms with van der Waals surface area (Å²) in [4.78, 5) is 16.2. The average molecular weight is 319 g/mol. The highest BCUT2D eigenvalue weighted by Gasteiger charge is 2.26. The van der Waals surface area contributed by atoms with E-state index in [1.165, 1.54) is 5.69 Å². The molecule has 0 bridgehead atoms. The molecule has 1 fully saturated rings. The number of anilines is 1. The van der Waals surface area contributed by atoms with Crippen LogP contribution in [-0.4, -0.2) is 54.9 Å². The quantitative estimate of drug-likeness (QED) is 0.791. The molecule has 0 aromatic heterocycles. The number of likely N-dealkylation sites (tertiary alicyclic amines) is 1. The van der Waals surface area contributed by atoms with Crippen molar-refractivity contribution in [2.75, 3.05) is 37.6 Å². The Balaban J connectivity index is 1.69. The number of nitrogens with one attached hydrogen (secondary N) is 1. The smallest absolute Gasteiger partial charge is 0.317 e. The monoisotopic (exact) mass is 319 g/mol. The molecule has 1 heterocycles. The van der Waals surface area contributed by atoms with Crippen LogP contribution >= 0.6 is 0 Å². The van der Waals surface area contributed by atoms with Gasteiger partial charge in [-0.2, -0.15) is 0 Å². The fourth-order valence-corrected chi connectivity index (χ4v) is 2.92. The second-order valence-corrected chi connectivity index (χ2v) is 6.28. The number of carbonyl (C=O) groups excluding carboxylic acids is 1. The SMILES string of the molecule is CCN(CCCNC(=O)N1CCC(C)C(O)C1)c1ccccc1. The van der Waals surface area contributed by atoms with Crippen molar-refractivity contribution >= 4 is 11.7 Å². The Bertz CT molecular complexity index is 480. The average Bonchev–Trinajstić information content (AvgIpc) is 2.58. The van der Waals surface area contributed by atoms with Crippen molar-refractivity contribution in [2.24, 2.45) is 5.92 Å². The van der Waals surface area contributed by atoms with Crippen molar-refractivity contribution in [1.29, 1.82) is 0 Å². The molecule has 1 saturated heterocycles. The van der Waals surface area contributed by atoms with Crippen molar-refractivity contribution in [2.45, 2.75) is 32.8 Å². The number of aliphatic hydroxyl groups excluding tert-OH is 1. The zero-order valence-electron chi connectivity index (χ0n) is 14.2. The molecule has 2 rings (SSSR count). The zero-order valence-corrected chi connectivity index (χ0v) is 14.2. The minimum Gasteiger partial charge on any atom is -0.391 e. The molecule has 0 saturated carbocycles. The van der Waals surface area contributed by atoms with Crippen LogP contribution in [0.2, 0.25) is 0 Å². The Morgan fingerprint density at radius 2 is 2.13 bits per heavy atom. The first kappa shape index (κ1) is 17.6. The van der Waals surface area contributed by atoms with Crippen LogP contribution in [0.25, 0.3) is 0 Å². The zero-order chi connectivity index (χ0) is 16.7. The molecule has 2 unspecified atom stereocenters. The number of carbonyl (C=O) groups is 1. The van der Waals surface area contributed by atoms with Crippen LogP contribution in [0.3, 0.4) is 0 Å². The normalized spacial score (nSPS) is 21.1. The highest BCUT2D eigenvalue weighted by molar-refractivity contribution is 5.74. The van der Waals surface area contributed by atoms with Gasteiger partial charge in [-0.15, -0.1) is 0 Å². The molecule has 5 heteroatoms. The lowest BCUT2D eigenvalue weighted by Gasteiger charge is -2.34. The number of para-hydroxylation sites is 1. The molecule has 23 heavy (non-hydrogen) atoms. The van der Waals surface area contributed by atoms with E-state index >= 15 is 0 Å². The lowest BCUT2D eigenvalue weighted by Crippen LogP contribution is -2.50. The number of piperidine rings is 1. The summed E-state index contributed by atoms with van der Waals surface area (Å²) < 4.78 is 0. The van der Waals surface area contributed by atoms with Crippen LogP contribution in [0.5, 0.6) is 0 Å². The van der Waals surface area contributed by atoms with Gasteiger partial charge in [0.15, 0.2) is 0 Å². The van der Waals surface area contributed by atoms with Gasteiger partial charge in [0.25, 0.3) is 0 Å². The van der Waals surface area contributed by atoms with Gasteiger partial charge in [0.1, 0.15) is 0 Å². The second kappa shape index (κ2) is 8.77. The number of urea groups is 1. The molecule has 2 N–H and O–H groups in total. The molecular weight excluding hydrogens is 290 g/mol. The molecule has 0 aliphatic carbocycles. The summed E-state index contributed by atoms with van der Waals surface area (Å²) in [5.41, 5.74) is 1.22. The maximum absolute atomic E-state index is 12.1. The summed E-state index contributed by atoms with van der Waals surface area (Å²) in [7, 11) is 0. The lowest BCUT2D eigenvalue weighted by atomic mass is 9.96. The Hall–Kier alpha value is -1.75. The third kappa shape index (κ3) is 5.13. The number of β-amino-alcohol motifs (C(OH)–C–C–N with tert-alkyl or cyclic N) is 1. The predicted molar refractivity (Wildman–Crippen MR) is 93.7 cm³/mol. The first-order valence-electron chi connectivity index (χ1n) is 8.62. The minimum atomic E-state index is -0.400. The van der Waals surface area contributed by atoms with Crippen molar-refractivity contribution in [3.63, 3.8) is 0 Å². The molecule has 1 aromatic carbocycles. The molecule has 1 aliphatic heterocycles. The van der Waals surface area contributed by atoms with Gasteiger partial charge in [0, 0.05) is 38.4 Å². The number of aliphatic hydroxyl groups is 1. The Labute approximate surface area is 139 Å². The van der Waals surface area contributed by atoms with E-state index in [-0.39, 0.29) is 11.9 Å². The van der Waals surface area contributed by atoms with Gasteiger partial charge in [0.05, 0.1) is 6.10 Å². The fourth-order valence-electron chi connectivity index (χ4n) is 2.92. The molecule has 0 radical (unpaired) electrons. The third-order valence-electron chi connectivity index (χ3n) is 4.59. The number of hydrogen-bond acceptors (Lipinski definition) is 3. The van der Waals surface area contributed by atoms with Gasteiger partial charge in [0.2, 0.25) is 0 Å². The van der Waals surface area contributed by atoms with E-state index in [1.54, 1.807) is 4.90 Å². The highest BCUT2D eigenvalue weighted by atomic mass is 16.3. The molecular formula is C18H29N3O2. The van der Waals surface area contributed by atoms with Crippen LogP contribution in [0.15, 0.2) is 30.3 Å². The standard InChI is InChI=1S/C18H29N3O2/c1-3-20(16-8-5-4-6-9-16)12-7-11-19-18(23)21-13-10-15(2)17(22)14-21/h4-6,8-9,15,17,22H,3,7,10-14H2,1-2H3,(H,19,23). The lowest BCUT2D eigenvalue weighted by molar-refractivity contribution is 0.0436. The fraction of sp³-hybridized carbons (Fsp3) is 0.611. The number of hydrogen-bond donors (Lipinski definition) is 2. The molecule has 1 aliphatic rings. The van der Waals surface area contributed by atoms with Crippen molar-refractivity contribution < 1.29 is 9.90 Å².